The van der Waals surface area contributed by atoms with Gasteiger partial charge in [0, 0.05) is 18.3 Å². The molecule has 0 radical (unpaired) electrons. The summed E-state index contributed by atoms with van der Waals surface area (Å²) in [5.74, 6) is -1.88. The number of halogens is 3. The second-order valence-corrected chi connectivity index (χ2v) is 3.60. The number of nitrogen functional groups attached to an aromatic ring is 1. The number of benzene rings is 1. The Morgan fingerprint density at radius 1 is 1.24 bits per heavy atom. The van der Waals surface area contributed by atoms with Crippen LogP contribution in [0.5, 0.6) is 11.6 Å². The van der Waals surface area contributed by atoms with Crippen molar-refractivity contribution in [1.29, 1.82) is 0 Å². The molecule has 2 aromatic rings. The van der Waals surface area contributed by atoms with Gasteiger partial charge in [-0.15, -0.1) is 0 Å². The van der Waals surface area contributed by atoms with Crippen LogP contribution in [0.25, 0.3) is 0 Å². The van der Waals surface area contributed by atoms with E-state index in [0.717, 1.165) is 12.1 Å². The number of aromatic nitrogens is 1. The van der Waals surface area contributed by atoms with Gasteiger partial charge in [-0.25, -0.2) is 13.8 Å². The number of nitrogens with zero attached hydrogens (tertiary/aromatic N) is 1. The molecule has 1 aromatic heterocycles. The van der Waals surface area contributed by atoms with E-state index in [1.165, 1.54) is 12.3 Å². The molecule has 0 aliphatic rings. The van der Waals surface area contributed by atoms with E-state index in [0.29, 0.717) is 0 Å². The van der Waals surface area contributed by atoms with Crippen LogP contribution in [0.2, 0.25) is 5.02 Å². The molecular weight excluding hydrogens is 250 g/mol. The molecule has 0 unspecified atom stereocenters. The van der Waals surface area contributed by atoms with E-state index >= 15 is 0 Å². The Hall–Kier alpha value is -1.88. The molecule has 88 valence electrons. The average Bonchev–Trinajstić information content (AvgIpc) is 2.29. The standard InChI is InChI=1S/C11H7ClF2N2O/c12-6-2-1-3-16-11(6)17-10-5-7(13)9(15)4-8(10)14/h1-5H,15H2. The predicted octanol–water partition coefficient (Wildman–Crippen LogP) is 3.39. The number of pyridine rings is 1. The van der Waals surface area contributed by atoms with Crippen molar-refractivity contribution in [2.75, 3.05) is 5.73 Å². The molecule has 0 atom stereocenters. The third-order valence-electron chi connectivity index (χ3n) is 1.98. The molecule has 0 saturated heterocycles. The monoisotopic (exact) mass is 256 g/mol. The molecule has 0 aliphatic carbocycles. The minimum Gasteiger partial charge on any atom is -0.434 e. The topological polar surface area (TPSA) is 48.1 Å². The lowest BCUT2D eigenvalue weighted by molar-refractivity contribution is 0.423. The minimum absolute atomic E-state index is 0.00256. The van der Waals surface area contributed by atoms with Crippen LogP contribution in [0.4, 0.5) is 14.5 Å². The van der Waals surface area contributed by atoms with Crippen LogP contribution in [-0.4, -0.2) is 4.98 Å². The SMILES string of the molecule is Nc1cc(F)c(Oc2ncccc2Cl)cc1F. The van der Waals surface area contributed by atoms with E-state index in [-0.39, 0.29) is 22.3 Å². The summed E-state index contributed by atoms with van der Waals surface area (Å²) in [5, 5.41) is 0.198. The summed E-state index contributed by atoms with van der Waals surface area (Å²) in [4.78, 5) is 3.79. The fourth-order valence-electron chi connectivity index (χ4n) is 1.17. The van der Waals surface area contributed by atoms with Gasteiger partial charge in [-0.05, 0) is 12.1 Å². The fourth-order valence-corrected chi connectivity index (χ4v) is 1.33. The summed E-state index contributed by atoms with van der Waals surface area (Å²) in [6.45, 7) is 0. The highest BCUT2D eigenvalue weighted by atomic mass is 35.5. The molecule has 0 bridgehead atoms. The van der Waals surface area contributed by atoms with Crippen LogP contribution in [0.1, 0.15) is 0 Å². The Morgan fingerprint density at radius 3 is 2.71 bits per heavy atom. The van der Waals surface area contributed by atoms with Gasteiger partial charge in [0.15, 0.2) is 11.6 Å². The lowest BCUT2D eigenvalue weighted by Gasteiger charge is -2.07. The van der Waals surface area contributed by atoms with E-state index < -0.39 is 11.6 Å². The fraction of sp³-hybridized carbons (Fsp3) is 0. The van der Waals surface area contributed by atoms with Crippen molar-refractivity contribution in [3.05, 3.63) is 47.1 Å². The molecule has 1 heterocycles. The molecule has 0 spiro atoms. The van der Waals surface area contributed by atoms with Crippen LogP contribution in [-0.2, 0) is 0 Å². The minimum atomic E-state index is -0.786. The summed E-state index contributed by atoms with van der Waals surface area (Å²) in [7, 11) is 0. The number of anilines is 1. The zero-order valence-corrected chi connectivity index (χ0v) is 9.21. The Labute approximate surface area is 101 Å². The van der Waals surface area contributed by atoms with Crippen LogP contribution < -0.4 is 10.5 Å². The zero-order chi connectivity index (χ0) is 12.4. The number of nitrogens with two attached hydrogens (primary N) is 1. The third kappa shape index (κ3) is 2.45. The van der Waals surface area contributed by atoms with Crippen molar-refractivity contribution >= 4 is 17.3 Å². The molecule has 17 heavy (non-hydrogen) atoms. The van der Waals surface area contributed by atoms with Crippen LogP contribution in [0, 0.1) is 11.6 Å². The second kappa shape index (κ2) is 4.55. The summed E-state index contributed by atoms with van der Waals surface area (Å²) >= 11 is 5.77. The van der Waals surface area contributed by atoms with E-state index in [1.807, 2.05) is 0 Å². The maximum atomic E-state index is 13.4. The van der Waals surface area contributed by atoms with Crippen molar-refractivity contribution in [2.24, 2.45) is 0 Å². The van der Waals surface area contributed by atoms with E-state index in [4.69, 9.17) is 22.1 Å². The van der Waals surface area contributed by atoms with Gasteiger partial charge in [-0.2, -0.15) is 0 Å². The average molecular weight is 257 g/mol. The molecule has 2 N–H and O–H groups in total. The maximum Gasteiger partial charge on any atom is 0.238 e. The van der Waals surface area contributed by atoms with E-state index in [1.54, 1.807) is 6.07 Å². The Bertz CT molecular complexity index is 563. The molecule has 2 rings (SSSR count). The van der Waals surface area contributed by atoms with Crippen molar-refractivity contribution < 1.29 is 13.5 Å². The van der Waals surface area contributed by atoms with Gasteiger partial charge < -0.3 is 10.5 Å². The first-order chi connectivity index (χ1) is 8.08. The largest absolute Gasteiger partial charge is 0.434 e. The van der Waals surface area contributed by atoms with Crippen LogP contribution >= 0.6 is 11.6 Å². The lowest BCUT2D eigenvalue weighted by Crippen LogP contribution is -1.96. The zero-order valence-electron chi connectivity index (χ0n) is 8.45. The van der Waals surface area contributed by atoms with Gasteiger partial charge in [0.1, 0.15) is 10.8 Å². The number of ether oxygens (including phenoxy) is 1. The summed E-state index contributed by atoms with van der Waals surface area (Å²) in [6, 6.07) is 4.79. The van der Waals surface area contributed by atoms with Crippen molar-refractivity contribution in [1.82, 2.24) is 4.98 Å². The molecule has 6 heteroatoms. The number of hydrogen-bond donors (Lipinski definition) is 1. The van der Waals surface area contributed by atoms with Crippen molar-refractivity contribution in [3.63, 3.8) is 0 Å². The molecular formula is C11H7ClF2N2O. The highest BCUT2D eigenvalue weighted by Gasteiger charge is 2.12. The van der Waals surface area contributed by atoms with E-state index in [2.05, 4.69) is 4.98 Å². The summed E-state index contributed by atoms with van der Waals surface area (Å²) in [6.07, 6.45) is 1.42. The summed E-state index contributed by atoms with van der Waals surface area (Å²) < 4.78 is 31.6. The van der Waals surface area contributed by atoms with Gasteiger partial charge in [0.25, 0.3) is 0 Å². The first-order valence-electron chi connectivity index (χ1n) is 4.61. The third-order valence-corrected chi connectivity index (χ3v) is 2.27. The molecule has 3 nitrogen and oxygen atoms in total. The highest BCUT2D eigenvalue weighted by Crippen LogP contribution is 2.30. The van der Waals surface area contributed by atoms with E-state index in [9.17, 15) is 8.78 Å². The Balaban J connectivity index is 2.37. The van der Waals surface area contributed by atoms with Crippen LogP contribution in [0.3, 0.4) is 0 Å². The highest BCUT2D eigenvalue weighted by molar-refractivity contribution is 6.31. The van der Waals surface area contributed by atoms with Gasteiger partial charge in [0.2, 0.25) is 5.88 Å². The number of rotatable bonds is 2. The Morgan fingerprint density at radius 2 is 2.00 bits per heavy atom. The summed E-state index contributed by atoms with van der Waals surface area (Å²) in [5.41, 5.74) is 4.91. The predicted molar refractivity (Wildman–Crippen MR) is 60.1 cm³/mol. The molecule has 0 fully saturated rings. The second-order valence-electron chi connectivity index (χ2n) is 3.20. The van der Waals surface area contributed by atoms with Gasteiger partial charge in [-0.3, -0.25) is 0 Å². The van der Waals surface area contributed by atoms with Gasteiger partial charge in [0.05, 0.1) is 5.69 Å². The molecule has 0 aliphatic heterocycles. The maximum absolute atomic E-state index is 13.4. The van der Waals surface area contributed by atoms with Crippen molar-refractivity contribution in [3.8, 4) is 11.6 Å². The first kappa shape index (κ1) is 11.6. The molecule has 0 amide bonds. The normalized spacial score (nSPS) is 10.3. The number of hydrogen-bond acceptors (Lipinski definition) is 3. The van der Waals surface area contributed by atoms with Gasteiger partial charge in [-0.1, -0.05) is 11.6 Å². The lowest BCUT2D eigenvalue weighted by atomic mass is 10.3. The quantitative estimate of drug-likeness (QED) is 0.838. The molecule has 0 saturated carbocycles. The Kier molecular flexibility index (Phi) is 3.10. The smallest absolute Gasteiger partial charge is 0.238 e. The van der Waals surface area contributed by atoms with Gasteiger partial charge >= 0.3 is 0 Å². The molecule has 1 aromatic carbocycles. The van der Waals surface area contributed by atoms with Crippen LogP contribution in [0.15, 0.2) is 30.5 Å². The van der Waals surface area contributed by atoms with Crippen molar-refractivity contribution in [2.45, 2.75) is 0 Å². The first-order valence-corrected chi connectivity index (χ1v) is 4.98.